The van der Waals surface area contributed by atoms with Crippen LogP contribution in [0.15, 0.2) is 38.1 Å². The van der Waals surface area contributed by atoms with Gasteiger partial charge in [0.25, 0.3) is 0 Å². The van der Waals surface area contributed by atoms with E-state index in [9.17, 15) is 0 Å². The van der Waals surface area contributed by atoms with Crippen molar-refractivity contribution < 1.29 is 0 Å². The largest absolute Gasteiger partial charge is 0.299 e. The SMILES string of the molecule is C=Cc1nccc(CC2CC3CCN2CC3C=C)c1C=C. The Morgan fingerprint density at radius 1 is 1.29 bits per heavy atom. The van der Waals surface area contributed by atoms with Gasteiger partial charge in [-0.15, -0.1) is 6.58 Å². The molecule has 3 aliphatic rings. The maximum absolute atomic E-state index is 4.38. The topological polar surface area (TPSA) is 16.1 Å². The summed E-state index contributed by atoms with van der Waals surface area (Å²) in [6, 6.07) is 2.79. The van der Waals surface area contributed by atoms with E-state index in [2.05, 4.69) is 41.8 Å². The van der Waals surface area contributed by atoms with Crippen molar-refractivity contribution in [1.29, 1.82) is 0 Å². The molecule has 2 bridgehead atoms. The first-order valence-electron chi connectivity index (χ1n) is 7.86. The summed E-state index contributed by atoms with van der Waals surface area (Å²) in [5.74, 6) is 1.51. The van der Waals surface area contributed by atoms with E-state index in [1.54, 1.807) is 0 Å². The summed E-state index contributed by atoms with van der Waals surface area (Å²) in [6.07, 6.45) is 11.5. The Kier molecular flexibility index (Phi) is 4.07. The number of pyridine rings is 1. The Bertz CT molecular complexity index is 561. The fourth-order valence-electron chi connectivity index (χ4n) is 4.02. The van der Waals surface area contributed by atoms with Crippen molar-refractivity contribution in [3.63, 3.8) is 0 Å². The monoisotopic (exact) mass is 280 g/mol. The highest BCUT2D eigenvalue weighted by Gasteiger charge is 2.38. The van der Waals surface area contributed by atoms with Gasteiger partial charge in [-0.05, 0) is 55.3 Å². The zero-order valence-electron chi connectivity index (χ0n) is 12.7. The highest BCUT2D eigenvalue weighted by molar-refractivity contribution is 5.63. The smallest absolute Gasteiger partial charge is 0.0698 e. The number of aromatic nitrogens is 1. The van der Waals surface area contributed by atoms with E-state index in [0.717, 1.165) is 23.6 Å². The third kappa shape index (κ3) is 2.60. The van der Waals surface area contributed by atoms with Crippen molar-refractivity contribution in [2.75, 3.05) is 13.1 Å². The lowest BCUT2D eigenvalue weighted by Gasteiger charge is -2.49. The molecule has 1 aromatic heterocycles. The molecule has 4 atom stereocenters. The Hall–Kier alpha value is -1.67. The molecule has 4 rings (SSSR count). The summed E-state index contributed by atoms with van der Waals surface area (Å²) >= 11 is 0. The summed E-state index contributed by atoms with van der Waals surface area (Å²) in [5, 5.41) is 0. The number of fused-ring (bicyclic) bond motifs is 3. The molecule has 0 saturated carbocycles. The molecule has 21 heavy (non-hydrogen) atoms. The maximum atomic E-state index is 4.38. The van der Waals surface area contributed by atoms with Gasteiger partial charge in [0, 0.05) is 24.3 Å². The van der Waals surface area contributed by atoms with Crippen molar-refractivity contribution in [2.24, 2.45) is 11.8 Å². The zero-order valence-corrected chi connectivity index (χ0v) is 12.7. The molecule has 2 nitrogen and oxygen atoms in total. The summed E-state index contributed by atoms with van der Waals surface area (Å²) in [5.41, 5.74) is 3.44. The molecule has 0 N–H and O–H groups in total. The second-order valence-corrected chi connectivity index (χ2v) is 6.21. The molecule has 4 heterocycles. The predicted octanol–water partition coefficient (Wildman–Crippen LogP) is 3.81. The fourth-order valence-corrected chi connectivity index (χ4v) is 4.02. The van der Waals surface area contributed by atoms with Crippen LogP contribution in [0.2, 0.25) is 0 Å². The first-order chi connectivity index (χ1) is 10.3. The lowest BCUT2D eigenvalue weighted by Crippen LogP contribution is -2.53. The molecular weight excluding hydrogens is 256 g/mol. The van der Waals surface area contributed by atoms with Gasteiger partial charge in [0.05, 0.1) is 5.69 Å². The van der Waals surface area contributed by atoms with Crippen LogP contribution in [0, 0.1) is 11.8 Å². The molecule has 0 aromatic carbocycles. The van der Waals surface area contributed by atoms with Crippen molar-refractivity contribution in [2.45, 2.75) is 25.3 Å². The van der Waals surface area contributed by atoms with Gasteiger partial charge in [-0.2, -0.15) is 0 Å². The molecule has 0 amide bonds. The Morgan fingerprint density at radius 2 is 2.14 bits per heavy atom. The van der Waals surface area contributed by atoms with Crippen LogP contribution in [0.5, 0.6) is 0 Å². The standard InChI is InChI=1S/C19H24N2/c1-4-14-13-21-10-8-15(14)11-17(21)12-16-7-9-20-19(6-3)18(16)5-2/h4-7,9,14-15,17H,1-3,8,10-13H2. The van der Waals surface area contributed by atoms with E-state index in [1.807, 2.05) is 18.3 Å². The van der Waals surface area contributed by atoms with E-state index < -0.39 is 0 Å². The molecule has 0 spiro atoms. The molecule has 1 aromatic rings. The second-order valence-electron chi connectivity index (χ2n) is 6.21. The van der Waals surface area contributed by atoms with E-state index in [4.69, 9.17) is 0 Å². The number of hydrogen-bond acceptors (Lipinski definition) is 2. The van der Waals surface area contributed by atoms with Crippen LogP contribution >= 0.6 is 0 Å². The molecular formula is C19H24N2. The summed E-state index contributed by atoms with van der Waals surface area (Å²) in [4.78, 5) is 7.02. The minimum atomic E-state index is 0.652. The van der Waals surface area contributed by atoms with Crippen LogP contribution in [-0.4, -0.2) is 29.0 Å². The van der Waals surface area contributed by atoms with Crippen LogP contribution < -0.4 is 0 Å². The third-order valence-electron chi connectivity index (χ3n) is 5.20. The van der Waals surface area contributed by atoms with E-state index in [1.165, 1.54) is 31.5 Å². The quantitative estimate of drug-likeness (QED) is 0.763. The molecule has 0 aliphatic carbocycles. The van der Waals surface area contributed by atoms with Gasteiger partial charge in [0.15, 0.2) is 0 Å². The number of piperidine rings is 3. The molecule has 3 aliphatic heterocycles. The Labute approximate surface area is 127 Å². The van der Waals surface area contributed by atoms with Crippen molar-refractivity contribution in [3.8, 4) is 0 Å². The van der Waals surface area contributed by atoms with Gasteiger partial charge in [0.2, 0.25) is 0 Å². The van der Waals surface area contributed by atoms with Gasteiger partial charge in [-0.25, -0.2) is 0 Å². The van der Waals surface area contributed by atoms with Crippen LogP contribution in [0.25, 0.3) is 12.2 Å². The predicted molar refractivity (Wildman–Crippen MR) is 89.9 cm³/mol. The van der Waals surface area contributed by atoms with Gasteiger partial charge >= 0.3 is 0 Å². The van der Waals surface area contributed by atoms with Crippen LogP contribution in [0.1, 0.15) is 29.7 Å². The van der Waals surface area contributed by atoms with Gasteiger partial charge in [-0.1, -0.05) is 25.3 Å². The first-order valence-corrected chi connectivity index (χ1v) is 7.86. The normalized spacial score (nSPS) is 30.9. The highest BCUT2D eigenvalue weighted by Crippen LogP contribution is 2.38. The molecule has 3 saturated heterocycles. The third-order valence-corrected chi connectivity index (χ3v) is 5.20. The summed E-state index contributed by atoms with van der Waals surface area (Å²) in [7, 11) is 0. The van der Waals surface area contributed by atoms with Gasteiger partial charge in [0.1, 0.15) is 0 Å². The first kappa shape index (κ1) is 14.3. The average Bonchev–Trinajstić information content (AvgIpc) is 2.55. The summed E-state index contributed by atoms with van der Waals surface area (Å²) in [6.45, 7) is 14.2. The van der Waals surface area contributed by atoms with Gasteiger partial charge < -0.3 is 0 Å². The van der Waals surface area contributed by atoms with Crippen LogP contribution in [0.4, 0.5) is 0 Å². The molecule has 2 heteroatoms. The zero-order chi connectivity index (χ0) is 14.8. The molecule has 3 fully saturated rings. The van der Waals surface area contributed by atoms with Crippen LogP contribution in [-0.2, 0) is 6.42 Å². The lowest BCUT2D eigenvalue weighted by atomic mass is 9.74. The van der Waals surface area contributed by atoms with Crippen molar-refractivity contribution >= 4 is 12.2 Å². The average molecular weight is 280 g/mol. The Morgan fingerprint density at radius 3 is 2.76 bits per heavy atom. The molecule has 4 unspecified atom stereocenters. The second kappa shape index (κ2) is 5.98. The van der Waals surface area contributed by atoms with E-state index in [0.29, 0.717) is 12.0 Å². The van der Waals surface area contributed by atoms with E-state index in [-0.39, 0.29) is 0 Å². The van der Waals surface area contributed by atoms with Crippen LogP contribution in [0.3, 0.4) is 0 Å². The number of hydrogen-bond donors (Lipinski definition) is 0. The number of nitrogens with zero attached hydrogens (tertiary/aromatic N) is 2. The Balaban J connectivity index is 1.81. The maximum Gasteiger partial charge on any atom is 0.0698 e. The fraction of sp³-hybridized carbons (Fsp3) is 0.421. The molecule has 0 radical (unpaired) electrons. The minimum absolute atomic E-state index is 0.652. The highest BCUT2D eigenvalue weighted by atomic mass is 15.2. The minimum Gasteiger partial charge on any atom is -0.299 e. The number of rotatable bonds is 5. The van der Waals surface area contributed by atoms with Gasteiger partial charge in [-0.3, -0.25) is 9.88 Å². The summed E-state index contributed by atoms with van der Waals surface area (Å²) < 4.78 is 0. The molecule has 110 valence electrons. The van der Waals surface area contributed by atoms with Crippen molar-refractivity contribution in [1.82, 2.24) is 9.88 Å². The van der Waals surface area contributed by atoms with Crippen molar-refractivity contribution in [3.05, 3.63) is 54.9 Å². The lowest BCUT2D eigenvalue weighted by molar-refractivity contribution is 0.0195. The van der Waals surface area contributed by atoms with E-state index >= 15 is 0 Å².